The SMILES string of the molecule is Fc1cc2c(Cl)cc(C3CCCC3)nc2c(F)c1F. The van der Waals surface area contributed by atoms with Crippen LogP contribution in [0.25, 0.3) is 10.9 Å². The molecule has 0 N–H and O–H groups in total. The molecule has 19 heavy (non-hydrogen) atoms. The van der Waals surface area contributed by atoms with Gasteiger partial charge in [0.25, 0.3) is 0 Å². The van der Waals surface area contributed by atoms with E-state index in [9.17, 15) is 13.2 Å². The van der Waals surface area contributed by atoms with Crippen LogP contribution in [0.2, 0.25) is 5.02 Å². The maximum absolute atomic E-state index is 13.8. The molecule has 1 nitrogen and oxygen atoms in total. The predicted molar refractivity (Wildman–Crippen MR) is 67.8 cm³/mol. The summed E-state index contributed by atoms with van der Waals surface area (Å²) in [7, 11) is 0. The number of pyridine rings is 1. The molecule has 5 heteroatoms. The van der Waals surface area contributed by atoms with Crippen LogP contribution in [0.3, 0.4) is 0 Å². The number of halogens is 4. The number of rotatable bonds is 1. The molecule has 0 unspecified atom stereocenters. The van der Waals surface area contributed by atoms with Crippen LogP contribution in [0.15, 0.2) is 12.1 Å². The second-order valence-electron chi connectivity index (χ2n) is 4.89. The van der Waals surface area contributed by atoms with Crippen molar-refractivity contribution in [2.75, 3.05) is 0 Å². The summed E-state index contributed by atoms with van der Waals surface area (Å²) in [5.41, 5.74) is 0.480. The molecule has 1 saturated carbocycles. The Labute approximate surface area is 113 Å². The molecular formula is C14H11ClF3N. The normalized spacial score (nSPS) is 16.4. The van der Waals surface area contributed by atoms with Crippen molar-refractivity contribution >= 4 is 22.5 Å². The highest BCUT2D eigenvalue weighted by Gasteiger charge is 2.22. The number of hydrogen-bond acceptors (Lipinski definition) is 1. The third kappa shape index (κ3) is 2.08. The quantitative estimate of drug-likeness (QED) is 0.675. The monoisotopic (exact) mass is 285 g/mol. The van der Waals surface area contributed by atoms with E-state index in [0.29, 0.717) is 5.69 Å². The van der Waals surface area contributed by atoms with Crippen LogP contribution >= 0.6 is 11.6 Å². The largest absolute Gasteiger partial charge is 0.249 e. The minimum atomic E-state index is -1.50. The lowest BCUT2D eigenvalue weighted by molar-refractivity contribution is 0.452. The molecule has 0 radical (unpaired) electrons. The van der Waals surface area contributed by atoms with Crippen LogP contribution in [-0.2, 0) is 0 Å². The summed E-state index contributed by atoms with van der Waals surface area (Å²) in [4.78, 5) is 4.15. The molecule has 1 aromatic heterocycles. The molecule has 2 aromatic rings. The molecule has 0 aliphatic heterocycles. The Bertz CT molecular complexity index is 651. The number of nitrogens with zero attached hydrogens (tertiary/aromatic N) is 1. The Hall–Kier alpha value is -1.29. The van der Waals surface area contributed by atoms with Gasteiger partial charge in [0.1, 0.15) is 5.52 Å². The summed E-state index contributed by atoms with van der Waals surface area (Å²) in [6.45, 7) is 0. The van der Waals surface area contributed by atoms with Crippen LogP contribution < -0.4 is 0 Å². The number of benzene rings is 1. The second kappa shape index (κ2) is 4.67. The standard InChI is InChI=1S/C14H11ClF3N/c15-9-6-11(7-3-1-2-4-7)19-14-8(9)5-10(16)12(17)13(14)18/h5-7H,1-4H2. The maximum Gasteiger partial charge on any atom is 0.196 e. The van der Waals surface area contributed by atoms with Gasteiger partial charge in [0.05, 0.1) is 5.02 Å². The van der Waals surface area contributed by atoms with Crippen LogP contribution in [0.1, 0.15) is 37.3 Å². The van der Waals surface area contributed by atoms with Crippen molar-refractivity contribution in [2.24, 2.45) is 0 Å². The van der Waals surface area contributed by atoms with Gasteiger partial charge in [-0.15, -0.1) is 0 Å². The zero-order valence-corrected chi connectivity index (χ0v) is 10.8. The first-order valence-electron chi connectivity index (χ1n) is 6.21. The molecule has 0 saturated heterocycles. The molecule has 1 aliphatic rings. The minimum Gasteiger partial charge on any atom is -0.249 e. The Morgan fingerprint density at radius 3 is 2.42 bits per heavy atom. The fourth-order valence-corrected chi connectivity index (χ4v) is 2.93. The molecule has 100 valence electrons. The molecular weight excluding hydrogens is 275 g/mol. The first kappa shape index (κ1) is 12.7. The molecule has 0 amide bonds. The van der Waals surface area contributed by atoms with E-state index in [1.54, 1.807) is 6.07 Å². The molecule has 0 spiro atoms. The smallest absolute Gasteiger partial charge is 0.196 e. The Morgan fingerprint density at radius 1 is 1.05 bits per heavy atom. The lowest BCUT2D eigenvalue weighted by Gasteiger charge is -2.11. The summed E-state index contributed by atoms with van der Waals surface area (Å²) >= 11 is 6.04. The van der Waals surface area contributed by atoms with Gasteiger partial charge in [-0.05, 0) is 25.0 Å². The second-order valence-corrected chi connectivity index (χ2v) is 5.30. The van der Waals surface area contributed by atoms with Crippen molar-refractivity contribution in [1.82, 2.24) is 4.98 Å². The van der Waals surface area contributed by atoms with E-state index in [0.717, 1.165) is 31.7 Å². The average Bonchev–Trinajstić information content (AvgIpc) is 2.91. The van der Waals surface area contributed by atoms with Gasteiger partial charge in [0.2, 0.25) is 0 Å². The molecule has 1 aliphatic carbocycles. The van der Waals surface area contributed by atoms with Crippen LogP contribution in [0, 0.1) is 17.5 Å². The van der Waals surface area contributed by atoms with Crippen molar-refractivity contribution < 1.29 is 13.2 Å². The van der Waals surface area contributed by atoms with E-state index < -0.39 is 17.5 Å². The summed E-state index contributed by atoms with van der Waals surface area (Å²) in [6.07, 6.45) is 4.14. The summed E-state index contributed by atoms with van der Waals surface area (Å²) in [5.74, 6) is -3.78. The number of fused-ring (bicyclic) bond motifs is 1. The van der Waals surface area contributed by atoms with Gasteiger partial charge in [-0.25, -0.2) is 18.2 Å². The Morgan fingerprint density at radius 2 is 1.74 bits per heavy atom. The van der Waals surface area contributed by atoms with E-state index in [-0.39, 0.29) is 21.8 Å². The predicted octanol–water partition coefficient (Wildman–Crippen LogP) is 4.96. The van der Waals surface area contributed by atoms with Gasteiger partial charge in [-0.3, -0.25) is 0 Å². The lowest BCUT2D eigenvalue weighted by atomic mass is 10.0. The van der Waals surface area contributed by atoms with Crippen LogP contribution in [-0.4, -0.2) is 4.98 Å². The first-order chi connectivity index (χ1) is 9.08. The van der Waals surface area contributed by atoms with E-state index in [2.05, 4.69) is 4.98 Å². The molecule has 1 fully saturated rings. The number of hydrogen-bond donors (Lipinski definition) is 0. The van der Waals surface area contributed by atoms with Gasteiger partial charge in [0, 0.05) is 17.0 Å². The molecule has 1 aromatic carbocycles. The maximum atomic E-state index is 13.8. The molecule has 1 heterocycles. The molecule has 0 atom stereocenters. The zero-order valence-electron chi connectivity index (χ0n) is 10.0. The van der Waals surface area contributed by atoms with Gasteiger partial charge < -0.3 is 0 Å². The minimum absolute atomic E-state index is 0.111. The van der Waals surface area contributed by atoms with E-state index in [1.807, 2.05) is 0 Å². The summed E-state index contributed by atoms with van der Waals surface area (Å²) in [5, 5.41) is 0.324. The Balaban J connectivity index is 2.24. The topological polar surface area (TPSA) is 12.9 Å². The van der Waals surface area contributed by atoms with Gasteiger partial charge in [-0.2, -0.15) is 0 Å². The van der Waals surface area contributed by atoms with Gasteiger partial charge in [0.15, 0.2) is 17.5 Å². The highest BCUT2D eigenvalue weighted by molar-refractivity contribution is 6.35. The molecule has 0 bridgehead atoms. The third-order valence-electron chi connectivity index (χ3n) is 3.68. The van der Waals surface area contributed by atoms with E-state index in [4.69, 9.17) is 11.6 Å². The first-order valence-corrected chi connectivity index (χ1v) is 6.59. The fourth-order valence-electron chi connectivity index (χ4n) is 2.68. The van der Waals surface area contributed by atoms with E-state index >= 15 is 0 Å². The van der Waals surface area contributed by atoms with Crippen molar-refractivity contribution in [3.63, 3.8) is 0 Å². The van der Waals surface area contributed by atoms with Gasteiger partial charge in [-0.1, -0.05) is 24.4 Å². The van der Waals surface area contributed by atoms with Crippen molar-refractivity contribution in [1.29, 1.82) is 0 Å². The van der Waals surface area contributed by atoms with Crippen LogP contribution in [0.5, 0.6) is 0 Å². The third-order valence-corrected chi connectivity index (χ3v) is 4.00. The zero-order chi connectivity index (χ0) is 13.6. The lowest BCUT2D eigenvalue weighted by Crippen LogP contribution is -2.01. The summed E-state index contributed by atoms with van der Waals surface area (Å²) < 4.78 is 40.2. The van der Waals surface area contributed by atoms with Crippen molar-refractivity contribution in [3.05, 3.63) is 40.3 Å². The average molecular weight is 286 g/mol. The van der Waals surface area contributed by atoms with Gasteiger partial charge >= 0.3 is 0 Å². The van der Waals surface area contributed by atoms with Crippen molar-refractivity contribution in [3.8, 4) is 0 Å². The summed E-state index contributed by atoms with van der Waals surface area (Å²) in [6, 6.07) is 2.53. The van der Waals surface area contributed by atoms with Crippen LogP contribution in [0.4, 0.5) is 13.2 Å². The highest BCUT2D eigenvalue weighted by Crippen LogP contribution is 2.36. The Kier molecular flexibility index (Phi) is 3.13. The molecule has 3 rings (SSSR count). The fraction of sp³-hybridized carbons (Fsp3) is 0.357. The highest BCUT2D eigenvalue weighted by atomic mass is 35.5. The number of aromatic nitrogens is 1. The van der Waals surface area contributed by atoms with Crippen molar-refractivity contribution in [2.45, 2.75) is 31.6 Å². The van der Waals surface area contributed by atoms with E-state index in [1.165, 1.54) is 0 Å².